The zero-order valence-corrected chi connectivity index (χ0v) is 8.77. The van der Waals surface area contributed by atoms with Crippen LogP contribution in [0, 0.1) is 0 Å². The third kappa shape index (κ3) is 2.91. The fourth-order valence-electron chi connectivity index (χ4n) is 1.45. The number of benzene rings is 2. The number of hydrogen-bond donors (Lipinski definition) is 3. The second-order valence-corrected chi connectivity index (χ2v) is 4.74. The van der Waals surface area contributed by atoms with Crippen molar-refractivity contribution in [3.05, 3.63) is 30.3 Å². The normalized spacial score (nSPS) is 11.1. The minimum atomic E-state index is -4.35. The Bertz CT molecular complexity index is 666. The Labute approximate surface area is 120 Å². The monoisotopic (exact) mass is 264 g/mol. The first-order valence-electron chi connectivity index (χ1n) is 4.31. The summed E-state index contributed by atoms with van der Waals surface area (Å²) < 4.78 is 30.6. The van der Waals surface area contributed by atoms with Crippen molar-refractivity contribution in [3.8, 4) is 11.5 Å². The number of aromatic hydroxyl groups is 2. The molecule has 0 heterocycles. The van der Waals surface area contributed by atoms with Gasteiger partial charge in [-0.25, -0.2) is 0 Å². The number of phenolic OH excluding ortho intramolecular Hbond substituents is 2. The molecule has 0 aliphatic rings. The van der Waals surface area contributed by atoms with Gasteiger partial charge in [0.1, 0.15) is 11.5 Å². The molecule has 86 valence electrons. The van der Waals surface area contributed by atoms with Crippen LogP contribution in [0.4, 0.5) is 0 Å². The Hall–Kier alpha value is -0.790. The Balaban J connectivity index is 0.00000144. The number of hydrogen-bond acceptors (Lipinski definition) is 4. The molecule has 0 unspecified atom stereocenters. The van der Waals surface area contributed by atoms with Crippen LogP contribution in [0.25, 0.3) is 10.8 Å². The number of fused-ring (bicyclic) bond motifs is 1. The number of rotatable bonds is 1. The molecule has 0 aliphatic carbocycles. The summed E-state index contributed by atoms with van der Waals surface area (Å²) in [6, 6.07) is 6.24. The summed E-state index contributed by atoms with van der Waals surface area (Å²) in [5, 5.41) is 19.5. The van der Waals surface area contributed by atoms with E-state index in [1.165, 1.54) is 24.3 Å². The third-order valence-electron chi connectivity index (χ3n) is 2.19. The second kappa shape index (κ2) is 4.83. The summed E-state index contributed by atoms with van der Waals surface area (Å²) in [5.74, 6) is -0.358. The standard InChI is InChI=1S/C10H8O5S.Na.H/c11-7-2-1-6-3-8(16(13,14)15)5-10(12)9(6)4-7;;/h1-5,11-12H,(H,13,14,15);;. The molecule has 2 aromatic carbocycles. The fraction of sp³-hybridized carbons (Fsp3) is 0. The molecule has 0 atom stereocenters. The van der Waals surface area contributed by atoms with Crippen LogP contribution in [0.15, 0.2) is 35.2 Å². The first-order valence-corrected chi connectivity index (χ1v) is 5.75. The van der Waals surface area contributed by atoms with Crippen molar-refractivity contribution in [1.29, 1.82) is 0 Å². The van der Waals surface area contributed by atoms with Crippen LogP contribution < -0.4 is 0 Å². The average molecular weight is 264 g/mol. The van der Waals surface area contributed by atoms with E-state index in [0.717, 1.165) is 6.07 Å². The van der Waals surface area contributed by atoms with Gasteiger partial charge in [-0.15, -0.1) is 0 Å². The molecule has 0 saturated carbocycles. The molecule has 0 aromatic heterocycles. The number of phenols is 2. The molecule has 17 heavy (non-hydrogen) atoms. The van der Waals surface area contributed by atoms with Crippen molar-refractivity contribution in [2.75, 3.05) is 0 Å². The van der Waals surface area contributed by atoms with Crippen LogP contribution in [0.3, 0.4) is 0 Å². The van der Waals surface area contributed by atoms with Crippen LogP contribution in [-0.4, -0.2) is 52.7 Å². The van der Waals surface area contributed by atoms with E-state index in [4.69, 9.17) is 4.55 Å². The second-order valence-electron chi connectivity index (χ2n) is 3.32. The molecule has 3 N–H and O–H groups in total. The molecule has 7 heteroatoms. The van der Waals surface area contributed by atoms with Gasteiger partial charge in [0.15, 0.2) is 0 Å². The van der Waals surface area contributed by atoms with E-state index in [2.05, 4.69) is 0 Å². The van der Waals surface area contributed by atoms with Crippen LogP contribution in [0.2, 0.25) is 0 Å². The van der Waals surface area contributed by atoms with Crippen LogP contribution in [0.1, 0.15) is 0 Å². The zero-order chi connectivity index (χ0) is 11.9. The van der Waals surface area contributed by atoms with E-state index in [9.17, 15) is 18.6 Å². The fourth-order valence-corrected chi connectivity index (χ4v) is 1.98. The van der Waals surface area contributed by atoms with Crippen molar-refractivity contribution in [2.45, 2.75) is 4.90 Å². The Morgan fingerprint density at radius 1 is 1.00 bits per heavy atom. The van der Waals surface area contributed by atoms with Crippen LogP contribution in [-0.2, 0) is 10.1 Å². The summed E-state index contributed by atoms with van der Waals surface area (Å²) in [7, 11) is -4.35. The minimum absolute atomic E-state index is 0. The topological polar surface area (TPSA) is 94.8 Å². The van der Waals surface area contributed by atoms with Crippen molar-refractivity contribution in [1.82, 2.24) is 0 Å². The van der Waals surface area contributed by atoms with E-state index in [-0.39, 0.29) is 46.0 Å². The van der Waals surface area contributed by atoms with Gasteiger partial charge in [-0.3, -0.25) is 4.55 Å². The van der Waals surface area contributed by atoms with E-state index in [1.807, 2.05) is 0 Å². The summed E-state index contributed by atoms with van der Waals surface area (Å²) in [5.41, 5.74) is 0. The van der Waals surface area contributed by atoms with E-state index in [1.54, 1.807) is 0 Å². The van der Waals surface area contributed by atoms with Crippen molar-refractivity contribution >= 4 is 50.4 Å². The first kappa shape index (κ1) is 14.3. The zero-order valence-electron chi connectivity index (χ0n) is 7.95. The van der Waals surface area contributed by atoms with Gasteiger partial charge in [-0.05, 0) is 23.6 Å². The first-order chi connectivity index (χ1) is 7.38. The van der Waals surface area contributed by atoms with E-state index in [0.29, 0.717) is 10.8 Å². The Morgan fingerprint density at radius 3 is 2.24 bits per heavy atom. The predicted molar refractivity (Wildman–Crippen MR) is 64.2 cm³/mol. The molecular formula is C10H9NaO5S. The molecule has 0 radical (unpaired) electrons. The molecule has 0 saturated heterocycles. The summed E-state index contributed by atoms with van der Waals surface area (Å²) in [4.78, 5) is -0.386. The molecule has 5 nitrogen and oxygen atoms in total. The predicted octanol–water partition coefficient (Wildman–Crippen LogP) is 0.849. The molecule has 0 spiro atoms. The molecule has 0 aliphatic heterocycles. The van der Waals surface area contributed by atoms with Crippen LogP contribution >= 0.6 is 0 Å². The van der Waals surface area contributed by atoms with Gasteiger partial charge in [-0.2, -0.15) is 8.42 Å². The van der Waals surface area contributed by atoms with Crippen LogP contribution in [0.5, 0.6) is 11.5 Å². The van der Waals surface area contributed by atoms with Crippen molar-refractivity contribution in [2.24, 2.45) is 0 Å². The van der Waals surface area contributed by atoms with E-state index < -0.39 is 10.1 Å². The molecule has 2 rings (SSSR count). The van der Waals surface area contributed by atoms with Gasteiger partial charge < -0.3 is 10.2 Å². The molecule has 2 aromatic rings. The van der Waals surface area contributed by atoms with Gasteiger partial charge in [0.05, 0.1) is 4.90 Å². The van der Waals surface area contributed by atoms with E-state index >= 15 is 0 Å². The van der Waals surface area contributed by atoms with Crippen molar-refractivity contribution in [3.63, 3.8) is 0 Å². The molecular weight excluding hydrogens is 255 g/mol. The van der Waals surface area contributed by atoms with Gasteiger partial charge in [0, 0.05) is 11.5 Å². The van der Waals surface area contributed by atoms with Gasteiger partial charge in [0.2, 0.25) is 0 Å². The van der Waals surface area contributed by atoms with Gasteiger partial charge in [0.25, 0.3) is 10.1 Å². The Kier molecular flexibility index (Phi) is 4.06. The third-order valence-corrected chi connectivity index (χ3v) is 3.02. The average Bonchev–Trinajstić information content (AvgIpc) is 2.17. The maximum absolute atomic E-state index is 10.9. The Morgan fingerprint density at radius 2 is 1.65 bits per heavy atom. The quantitative estimate of drug-likeness (QED) is 0.524. The maximum atomic E-state index is 10.9. The van der Waals surface area contributed by atoms with Gasteiger partial charge >= 0.3 is 29.6 Å². The molecule has 0 amide bonds. The SMILES string of the molecule is O=S(=O)(O)c1cc(O)c2cc(O)ccc2c1.[NaH]. The summed E-state index contributed by atoms with van der Waals surface area (Å²) >= 11 is 0. The molecule has 0 bridgehead atoms. The van der Waals surface area contributed by atoms with Gasteiger partial charge in [-0.1, -0.05) is 6.07 Å². The summed E-state index contributed by atoms with van der Waals surface area (Å²) in [6.45, 7) is 0. The van der Waals surface area contributed by atoms with Crippen molar-refractivity contribution < 1.29 is 23.2 Å². The molecule has 0 fully saturated rings. The summed E-state index contributed by atoms with van der Waals surface area (Å²) in [6.07, 6.45) is 0.